The quantitative estimate of drug-likeness (QED) is 0.824. The van der Waals surface area contributed by atoms with Crippen LogP contribution in [0.1, 0.15) is 43.4 Å². The topological polar surface area (TPSA) is 71.3 Å². The van der Waals surface area contributed by atoms with Gasteiger partial charge in [0.2, 0.25) is 11.8 Å². The lowest BCUT2D eigenvalue weighted by Crippen LogP contribution is -2.48. The van der Waals surface area contributed by atoms with Gasteiger partial charge in [0.05, 0.1) is 12.6 Å². The van der Waals surface area contributed by atoms with Crippen molar-refractivity contribution in [3.05, 3.63) is 11.7 Å². The van der Waals surface area contributed by atoms with Gasteiger partial charge in [-0.1, -0.05) is 5.16 Å². The summed E-state index contributed by atoms with van der Waals surface area (Å²) in [5, 5.41) is 6.80. The zero-order chi connectivity index (χ0) is 11.8. The second-order valence-corrected chi connectivity index (χ2v) is 4.76. The number of hydrogen-bond acceptors (Lipinski definition) is 5. The van der Waals surface area contributed by atoms with Crippen molar-refractivity contribution < 1.29 is 9.32 Å². The molecule has 6 heteroatoms. The Hall–Kier alpha value is -1.43. The van der Waals surface area contributed by atoms with Crippen LogP contribution in [0, 0.1) is 0 Å². The number of nitrogens with one attached hydrogen (secondary N) is 1. The Kier molecular flexibility index (Phi) is 2.58. The molecule has 1 saturated heterocycles. The lowest BCUT2D eigenvalue weighted by molar-refractivity contribution is -0.125. The molecule has 92 valence electrons. The number of nitrogens with zero attached hydrogens (tertiary/aromatic N) is 3. The van der Waals surface area contributed by atoms with Crippen molar-refractivity contribution in [3.8, 4) is 0 Å². The molecule has 1 atom stereocenters. The van der Waals surface area contributed by atoms with Gasteiger partial charge in [0, 0.05) is 19.0 Å². The molecule has 17 heavy (non-hydrogen) atoms. The second kappa shape index (κ2) is 4.10. The average Bonchev–Trinajstić information content (AvgIpc) is 3.07. The van der Waals surface area contributed by atoms with Crippen LogP contribution in [-0.4, -0.2) is 40.6 Å². The zero-order valence-electron chi connectivity index (χ0n) is 9.85. The number of rotatable bonds is 3. The number of amides is 1. The maximum Gasteiger partial charge on any atom is 0.243 e. The lowest BCUT2D eigenvalue weighted by atomic mass is 10.2. The van der Waals surface area contributed by atoms with Crippen molar-refractivity contribution in [2.24, 2.45) is 0 Å². The molecule has 1 aromatic rings. The predicted molar refractivity (Wildman–Crippen MR) is 59.3 cm³/mol. The van der Waals surface area contributed by atoms with Crippen LogP contribution in [0.3, 0.4) is 0 Å². The molecule has 1 aliphatic carbocycles. The lowest BCUT2D eigenvalue weighted by Gasteiger charge is -2.29. The number of piperazine rings is 1. The highest BCUT2D eigenvalue weighted by Crippen LogP contribution is 2.38. The van der Waals surface area contributed by atoms with Crippen molar-refractivity contribution in [2.75, 3.05) is 19.6 Å². The molecule has 1 N–H and O–H groups in total. The average molecular weight is 236 g/mol. The molecule has 2 heterocycles. The van der Waals surface area contributed by atoms with Crippen molar-refractivity contribution in [1.82, 2.24) is 20.4 Å². The van der Waals surface area contributed by atoms with Crippen LogP contribution >= 0.6 is 0 Å². The van der Waals surface area contributed by atoms with Crippen LogP contribution < -0.4 is 5.32 Å². The van der Waals surface area contributed by atoms with E-state index in [1.165, 1.54) is 12.8 Å². The minimum absolute atomic E-state index is 0.0149. The minimum atomic E-state index is 0.0149. The predicted octanol–water partition coefficient (Wildman–Crippen LogP) is 0.440. The van der Waals surface area contributed by atoms with Gasteiger partial charge in [0.15, 0.2) is 5.82 Å². The van der Waals surface area contributed by atoms with Crippen molar-refractivity contribution >= 4 is 5.91 Å². The van der Waals surface area contributed by atoms with E-state index in [1.54, 1.807) is 0 Å². The highest BCUT2D eigenvalue weighted by atomic mass is 16.5. The molecular formula is C11H16N4O2. The van der Waals surface area contributed by atoms with Crippen molar-refractivity contribution in [3.63, 3.8) is 0 Å². The van der Waals surface area contributed by atoms with Gasteiger partial charge < -0.3 is 9.84 Å². The van der Waals surface area contributed by atoms with Crippen molar-refractivity contribution in [2.45, 2.75) is 31.7 Å². The first-order chi connectivity index (χ1) is 8.24. The molecule has 0 bridgehead atoms. The van der Waals surface area contributed by atoms with Crippen LogP contribution in [0.15, 0.2) is 4.52 Å². The van der Waals surface area contributed by atoms with E-state index in [9.17, 15) is 4.79 Å². The fourth-order valence-corrected chi connectivity index (χ4v) is 2.07. The highest BCUT2D eigenvalue weighted by molar-refractivity contribution is 5.78. The van der Waals surface area contributed by atoms with E-state index in [0.717, 1.165) is 12.4 Å². The van der Waals surface area contributed by atoms with Crippen LogP contribution in [0.5, 0.6) is 0 Å². The summed E-state index contributed by atoms with van der Waals surface area (Å²) in [6.45, 7) is 3.92. The number of hydrogen-bond donors (Lipinski definition) is 1. The van der Waals surface area contributed by atoms with Crippen LogP contribution in [-0.2, 0) is 4.79 Å². The summed E-state index contributed by atoms with van der Waals surface area (Å²) < 4.78 is 5.28. The maximum atomic E-state index is 11.3. The van der Waals surface area contributed by atoms with E-state index in [0.29, 0.717) is 24.9 Å². The molecule has 1 aliphatic heterocycles. The smallest absolute Gasteiger partial charge is 0.243 e. The first kappa shape index (κ1) is 10.7. The first-order valence-corrected chi connectivity index (χ1v) is 6.08. The van der Waals surface area contributed by atoms with E-state index >= 15 is 0 Å². The minimum Gasteiger partial charge on any atom is -0.354 e. The maximum absolute atomic E-state index is 11.3. The largest absolute Gasteiger partial charge is 0.354 e. The molecule has 1 unspecified atom stereocenters. The summed E-state index contributed by atoms with van der Waals surface area (Å²) in [4.78, 5) is 17.8. The number of carbonyl (C=O) groups excluding carboxylic acids is 1. The number of carbonyl (C=O) groups is 1. The van der Waals surface area contributed by atoms with Gasteiger partial charge in [-0.15, -0.1) is 0 Å². The Labute approximate surface area is 99.4 Å². The fraction of sp³-hybridized carbons (Fsp3) is 0.727. The van der Waals surface area contributed by atoms with Gasteiger partial charge in [0.25, 0.3) is 0 Å². The summed E-state index contributed by atoms with van der Waals surface area (Å²) in [6, 6.07) is 0.0149. The molecule has 1 aromatic heterocycles. The normalized spacial score (nSPS) is 23.5. The van der Waals surface area contributed by atoms with E-state index < -0.39 is 0 Å². The van der Waals surface area contributed by atoms with Gasteiger partial charge in [-0.2, -0.15) is 4.98 Å². The zero-order valence-corrected chi connectivity index (χ0v) is 9.85. The standard InChI is InChI=1S/C11H16N4O2/c1-7(15-5-4-12-9(16)6-15)11-13-10(14-17-11)8-2-3-8/h7-8H,2-6H2,1H3,(H,12,16). The van der Waals surface area contributed by atoms with Gasteiger partial charge in [0.1, 0.15) is 0 Å². The Morgan fingerprint density at radius 1 is 1.53 bits per heavy atom. The van der Waals surface area contributed by atoms with Gasteiger partial charge in [-0.05, 0) is 19.8 Å². The monoisotopic (exact) mass is 236 g/mol. The second-order valence-electron chi connectivity index (χ2n) is 4.76. The third kappa shape index (κ3) is 2.17. The van der Waals surface area contributed by atoms with Gasteiger partial charge in [-0.25, -0.2) is 0 Å². The first-order valence-electron chi connectivity index (χ1n) is 6.08. The summed E-state index contributed by atoms with van der Waals surface area (Å²) in [5.74, 6) is 2.02. The molecule has 0 radical (unpaired) electrons. The molecule has 0 spiro atoms. The summed E-state index contributed by atoms with van der Waals surface area (Å²) in [7, 11) is 0. The molecule has 1 amide bonds. The summed E-state index contributed by atoms with van der Waals surface area (Å²) in [6.07, 6.45) is 2.33. The highest BCUT2D eigenvalue weighted by Gasteiger charge is 2.31. The van der Waals surface area contributed by atoms with Crippen LogP contribution in [0.2, 0.25) is 0 Å². The molecule has 2 aliphatic rings. The summed E-state index contributed by atoms with van der Waals surface area (Å²) >= 11 is 0. The van der Waals surface area contributed by atoms with E-state index in [1.807, 2.05) is 6.92 Å². The Bertz CT molecular complexity index is 427. The summed E-state index contributed by atoms with van der Waals surface area (Å²) in [5.41, 5.74) is 0. The third-order valence-electron chi connectivity index (χ3n) is 3.37. The Morgan fingerprint density at radius 2 is 2.35 bits per heavy atom. The molecule has 3 rings (SSSR count). The third-order valence-corrected chi connectivity index (χ3v) is 3.37. The van der Waals surface area contributed by atoms with Gasteiger partial charge >= 0.3 is 0 Å². The van der Waals surface area contributed by atoms with E-state index in [4.69, 9.17) is 4.52 Å². The van der Waals surface area contributed by atoms with E-state index in [2.05, 4.69) is 20.4 Å². The Balaban J connectivity index is 1.70. The number of aromatic nitrogens is 2. The molecule has 0 aromatic carbocycles. The Morgan fingerprint density at radius 3 is 3.06 bits per heavy atom. The molecular weight excluding hydrogens is 220 g/mol. The van der Waals surface area contributed by atoms with Gasteiger partial charge in [-0.3, -0.25) is 9.69 Å². The van der Waals surface area contributed by atoms with Crippen molar-refractivity contribution in [1.29, 1.82) is 0 Å². The van der Waals surface area contributed by atoms with Crippen LogP contribution in [0.4, 0.5) is 0 Å². The SMILES string of the molecule is CC(c1nc(C2CC2)no1)N1CCNC(=O)C1. The van der Waals surface area contributed by atoms with E-state index in [-0.39, 0.29) is 11.9 Å². The molecule has 6 nitrogen and oxygen atoms in total. The van der Waals surface area contributed by atoms with Crippen LogP contribution in [0.25, 0.3) is 0 Å². The fourth-order valence-electron chi connectivity index (χ4n) is 2.07. The molecule has 1 saturated carbocycles. The molecule has 2 fully saturated rings.